The number of rotatable bonds is 7. The molecule has 0 unspecified atom stereocenters. The van der Waals surface area contributed by atoms with Gasteiger partial charge in [0.2, 0.25) is 0 Å². The highest BCUT2D eigenvalue weighted by Crippen LogP contribution is 2.28. The molecular weight excluding hydrogens is 244 g/mol. The quantitative estimate of drug-likeness (QED) is 0.813. The minimum Gasteiger partial charge on any atom is -0.495 e. The molecule has 1 aromatic rings. The van der Waals surface area contributed by atoms with E-state index in [0.717, 1.165) is 17.0 Å². The molecule has 0 amide bonds. The Morgan fingerprint density at radius 2 is 2.00 bits per heavy atom. The number of methoxy groups -OCH3 is 1. The topological polar surface area (TPSA) is 53.0 Å². The molecule has 0 aliphatic carbocycles. The van der Waals surface area contributed by atoms with Gasteiger partial charge >= 0.3 is 5.97 Å². The van der Waals surface area contributed by atoms with Gasteiger partial charge in [0.15, 0.2) is 0 Å². The zero-order valence-electron chi connectivity index (χ0n) is 12.0. The van der Waals surface area contributed by atoms with Crippen molar-refractivity contribution in [2.75, 3.05) is 39.7 Å². The Bertz CT molecular complexity index is 433. The molecule has 0 heterocycles. The highest BCUT2D eigenvalue weighted by Gasteiger charge is 2.08. The fourth-order valence-electron chi connectivity index (χ4n) is 1.87. The average molecular weight is 266 g/mol. The van der Waals surface area contributed by atoms with Crippen LogP contribution in [0.15, 0.2) is 18.2 Å². The van der Waals surface area contributed by atoms with Crippen molar-refractivity contribution >= 4 is 11.7 Å². The van der Waals surface area contributed by atoms with E-state index < -0.39 is 5.97 Å². The molecule has 0 saturated heterocycles. The van der Waals surface area contributed by atoms with Crippen molar-refractivity contribution in [1.29, 1.82) is 0 Å². The number of hydrogen-bond donors (Lipinski definition) is 1. The van der Waals surface area contributed by atoms with Crippen LogP contribution in [0.25, 0.3) is 0 Å². The fourth-order valence-corrected chi connectivity index (χ4v) is 1.87. The maximum absolute atomic E-state index is 10.5. The number of aliphatic carboxylic acids is 1. The zero-order chi connectivity index (χ0) is 14.4. The van der Waals surface area contributed by atoms with Crippen molar-refractivity contribution in [2.24, 2.45) is 0 Å². The van der Waals surface area contributed by atoms with Crippen molar-refractivity contribution in [3.63, 3.8) is 0 Å². The second kappa shape index (κ2) is 6.99. The van der Waals surface area contributed by atoms with Crippen molar-refractivity contribution in [1.82, 2.24) is 4.90 Å². The summed E-state index contributed by atoms with van der Waals surface area (Å²) in [6.45, 7) is 1.24. The molecular formula is C14H22N2O3. The van der Waals surface area contributed by atoms with Gasteiger partial charge in [0.1, 0.15) is 5.75 Å². The number of carbonyl (C=O) groups is 1. The number of benzene rings is 1. The first-order valence-corrected chi connectivity index (χ1v) is 6.18. The molecule has 0 aliphatic heterocycles. The monoisotopic (exact) mass is 266 g/mol. The van der Waals surface area contributed by atoms with Crippen LogP contribution in [0.5, 0.6) is 5.75 Å². The Morgan fingerprint density at radius 3 is 2.53 bits per heavy atom. The lowest BCUT2D eigenvalue weighted by Crippen LogP contribution is -2.21. The van der Waals surface area contributed by atoms with Crippen molar-refractivity contribution in [3.8, 4) is 5.75 Å². The molecule has 0 aliphatic rings. The van der Waals surface area contributed by atoms with Crippen LogP contribution in [0.4, 0.5) is 5.69 Å². The second-order valence-electron chi connectivity index (χ2n) is 4.78. The number of nitrogens with zero attached hydrogens (tertiary/aromatic N) is 2. The predicted octanol–water partition coefficient (Wildman–Crippen LogP) is 1.67. The number of hydrogen-bond acceptors (Lipinski definition) is 4. The fraction of sp³-hybridized carbons (Fsp3) is 0.500. The first-order valence-electron chi connectivity index (χ1n) is 6.18. The highest BCUT2D eigenvalue weighted by atomic mass is 16.5. The Labute approximate surface area is 114 Å². The van der Waals surface area contributed by atoms with E-state index in [-0.39, 0.29) is 6.42 Å². The summed E-state index contributed by atoms with van der Waals surface area (Å²) < 4.78 is 5.37. The van der Waals surface area contributed by atoms with Crippen LogP contribution in [0.3, 0.4) is 0 Å². The minimum atomic E-state index is -0.771. The van der Waals surface area contributed by atoms with E-state index in [1.807, 2.05) is 49.1 Å². The van der Waals surface area contributed by atoms with Crippen LogP contribution in [0.2, 0.25) is 0 Å². The molecule has 0 saturated carbocycles. The molecule has 1 N–H and O–H groups in total. The summed E-state index contributed by atoms with van der Waals surface area (Å²) in [5.41, 5.74) is 2.13. The molecule has 0 aromatic heterocycles. The molecule has 5 heteroatoms. The van der Waals surface area contributed by atoms with E-state index in [9.17, 15) is 4.79 Å². The molecule has 19 heavy (non-hydrogen) atoms. The first-order chi connectivity index (χ1) is 8.93. The van der Waals surface area contributed by atoms with Crippen molar-refractivity contribution in [2.45, 2.75) is 13.0 Å². The van der Waals surface area contributed by atoms with Crippen LogP contribution in [-0.4, -0.2) is 50.8 Å². The Morgan fingerprint density at radius 1 is 1.32 bits per heavy atom. The summed E-state index contributed by atoms with van der Waals surface area (Å²) in [6, 6.07) is 6.04. The van der Waals surface area contributed by atoms with Gasteiger partial charge < -0.3 is 19.6 Å². The smallest absolute Gasteiger partial charge is 0.304 e. The summed E-state index contributed by atoms with van der Waals surface area (Å²) in [6.07, 6.45) is 0.156. The molecule has 106 valence electrons. The van der Waals surface area contributed by atoms with Crippen LogP contribution in [-0.2, 0) is 11.3 Å². The van der Waals surface area contributed by atoms with E-state index in [4.69, 9.17) is 9.84 Å². The summed E-state index contributed by atoms with van der Waals surface area (Å²) in [5.74, 6) is 0.0570. The number of anilines is 1. The van der Waals surface area contributed by atoms with Gasteiger partial charge in [-0.25, -0.2) is 0 Å². The van der Waals surface area contributed by atoms with Gasteiger partial charge in [0.25, 0.3) is 0 Å². The summed E-state index contributed by atoms with van der Waals surface area (Å²) >= 11 is 0. The molecule has 0 radical (unpaired) electrons. The van der Waals surface area contributed by atoms with Gasteiger partial charge in [-0.2, -0.15) is 0 Å². The van der Waals surface area contributed by atoms with E-state index in [2.05, 4.69) is 0 Å². The van der Waals surface area contributed by atoms with E-state index >= 15 is 0 Å². The van der Waals surface area contributed by atoms with E-state index in [1.165, 1.54) is 0 Å². The zero-order valence-corrected chi connectivity index (χ0v) is 12.0. The average Bonchev–Trinajstić information content (AvgIpc) is 2.35. The summed E-state index contributed by atoms with van der Waals surface area (Å²) in [5, 5.41) is 8.66. The summed E-state index contributed by atoms with van der Waals surface area (Å²) in [4.78, 5) is 14.5. The highest BCUT2D eigenvalue weighted by molar-refractivity contribution is 5.66. The van der Waals surface area contributed by atoms with Gasteiger partial charge in [0, 0.05) is 27.2 Å². The third kappa shape index (κ3) is 4.79. The molecule has 1 aromatic carbocycles. The third-order valence-corrected chi connectivity index (χ3v) is 2.89. The molecule has 0 bridgehead atoms. The predicted molar refractivity (Wildman–Crippen MR) is 75.9 cm³/mol. The lowest BCUT2D eigenvalue weighted by Gasteiger charge is -2.19. The first kappa shape index (κ1) is 15.3. The van der Waals surface area contributed by atoms with Gasteiger partial charge in [-0.1, -0.05) is 6.07 Å². The molecule has 1 rings (SSSR count). The van der Waals surface area contributed by atoms with Crippen LogP contribution >= 0.6 is 0 Å². The molecule has 5 nitrogen and oxygen atoms in total. The largest absolute Gasteiger partial charge is 0.495 e. The normalized spacial score (nSPS) is 10.6. The number of carboxylic acid groups (broad SMARTS) is 1. The lowest BCUT2D eigenvalue weighted by atomic mass is 10.1. The van der Waals surface area contributed by atoms with Crippen LogP contribution in [0.1, 0.15) is 12.0 Å². The molecule has 0 atom stereocenters. The maximum atomic E-state index is 10.5. The number of carboxylic acids is 1. The van der Waals surface area contributed by atoms with Crippen LogP contribution in [0, 0.1) is 0 Å². The van der Waals surface area contributed by atoms with Crippen molar-refractivity contribution in [3.05, 3.63) is 23.8 Å². The molecule has 0 spiro atoms. The van der Waals surface area contributed by atoms with Crippen molar-refractivity contribution < 1.29 is 14.6 Å². The van der Waals surface area contributed by atoms with Gasteiger partial charge in [0.05, 0.1) is 19.2 Å². The SMILES string of the molecule is COc1cc(CN(C)CCC(=O)O)ccc1N(C)C. The molecule has 0 fully saturated rings. The standard InChI is InChI=1S/C14H22N2O3/c1-15(2)12-6-5-11(9-13(12)19-4)10-16(3)8-7-14(17)18/h5-6,9H,7-8,10H2,1-4H3,(H,17,18). The Balaban J connectivity index is 2.71. The number of ether oxygens (including phenoxy) is 1. The van der Waals surface area contributed by atoms with Gasteiger partial charge in [-0.15, -0.1) is 0 Å². The van der Waals surface area contributed by atoms with Gasteiger partial charge in [-0.3, -0.25) is 4.79 Å². The Kier molecular flexibility index (Phi) is 5.63. The van der Waals surface area contributed by atoms with Gasteiger partial charge in [-0.05, 0) is 24.7 Å². The van der Waals surface area contributed by atoms with E-state index in [1.54, 1.807) is 7.11 Å². The third-order valence-electron chi connectivity index (χ3n) is 2.89. The second-order valence-corrected chi connectivity index (χ2v) is 4.78. The van der Waals surface area contributed by atoms with Crippen LogP contribution < -0.4 is 9.64 Å². The summed E-state index contributed by atoms with van der Waals surface area (Å²) in [7, 11) is 7.50. The minimum absolute atomic E-state index is 0.156. The lowest BCUT2D eigenvalue weighted by molar-refractivity contribution is -0.137. The maximum Gasteiger partial charge on any atom is 0.304 e. The van der Waals surface area contributed by atoms with E-state index in [0.29, 0.717) is 13.1 Å². The Hall–Kier alpha value is -1.75.